The molecule has 5 rings (SSSR count). The highest BCUT2D eigenvalue weighted by Gasteiger charge is 2.17. The molecule has 0 aliphatic carbocycles. The van der Waals surface area contributed by atoms with Gasteiger partial charge in [-0.3, -0.25) is 14.6 Å². The number of carbonyl (C=O) groups excluding carboxylic acids is 1. The molecule has 1 amide bonds. The molecule has 0 atom stereocenters. The summed E-state index contributed by atoms with van der Waals surface area (Å²) in [6.45, 7) is 5.68. The Morgan fingerprint density at radius 3 is 2.50 bits per heavy atom. The number of hydrogen-bond donors (Lipinski definition) is 2. The van der Waals surface area contributed by atoms with E-state index in [1.54, 1.807) is 19.1 Å². The molecule has 170 valence electrons. The number of benzene rings is 2. The molecule has 3 aromatic heterocycles. The zero-order valence-corrected chi connectivity index (χ0v) is 18.6. The van der Waals surface area contributed by atoms with Gasteiger partial charge in [0.1, 0.15) is 17.0 Å². The number of carbonyl (C=O) groups is 1. The average molecular weight is 457 g/mol. The van der Waals surface area contributed by atoms with E-state index >= 15 is 0 Å². The summed E-state index contributed by atoms with van der Waals surface area (Å²) in [6, 6.07) is 12.8. The first kappa shape index (κ1) is 21.3. The topological polar surface area (TPSA) is 110 Å². The third kappa shape index (κ3) is 3.75. The lowest BCUT2D eigenvalue weighted by atomic mass is 10.1. The summed E-state index contributed by atoms with van der Waals surface area (Å²) in [7, 11) is 0. The number of halogens is 1. The fourth-order valence-electron chi connectivity index (χ4n) is 3.60. The van der Waals surface area contributed by atoms with Crippen molar-refractivity contribution < 1.29 is 9.18 Å². The number of nitrogens with one attached hydrogen (secondary N) is 2. The van der Waals surface area contributed by atoms with Crippen LogP contribution >= 0.6 is 0 Å². The third-order valence-corrected chi connectivity index (χ3v) is 5.54. The van der Waals surface area contributed by atoms with Crippen molar-refractivity contribution in [2.45, 2.75) is 20.8 Å². The summed E-state index contributed by atoms with van der Waals surface area (Å²) in [5, 5.41) is 11.7. The number of H-pyrrole nitrogens is 1. The molecule has 2 N–H and O–H groups in total. The normalized spacial score (nSPS) is 11.2. The summed E-state index contributed by atoms with van der Waals surface area (Å²) in [6.07, 6.45) is 1.39. The molecule has 0 bridgehead atoms. The maximum atomic E-state index is 13.4. The van der Waals surface area contributed by atoms with E-state index in [0.717, 1.165) is 11.1 Å². The van der Waals surface area contributed by atoms with Crippen LogP contribution in [0.5, 0.6) is 0 Å². The minimum atomic E-state index is -0.423. The second-order valence-electron chi connectivity index (χ2n) is 8.00. The molecule has 0 aliphatic rings. The molecule has 34 heavy (non-hydrogen) atoms. The Morgan fingerprint density at radius 2 is 1.76 bits per heavy atom. The van der Waals surface area contributed by atoms with E-state index in [2.05, 4.69) is 25.5 Å². The Morgan fingerprint density at radius 1 is 1.00 bits per heavy atom. The minimum Gasteiger partial charge on any atom is -0.306 e. The molecule has 2 aromatic carbocycles. The second kappa shape index (κ2) is 8.07. The molecule has 5 aromatic rings. The van der Waals surface area contributed by atoms with E-state index in [9.17, 15) is 14.0 Å². The van der Waals surface area contributed by atoms with Crippen LogP contribution in [0.4, 0.5) is 10.2 Å². The number of amides is 1. The number of aromatic nitrogens is 6. The van der Waals surface area contributed by atoms with E-state index in [1.807, 2.05) is 26.0 Å². The predicted molar refractivity (Wildman–Crippen MR) is 125 cm³/mol. The van der Waals surface area contributed by atoms with Crippen LogP contribution in [0.2, 0.25) is 0 Å². The van der Waals surface area contributed by atoms with Crippen molar-refractivity contribution in [3.8, 4) is 11.6 Å². The molecule has 10 heteroatoms. The SMILES string of the molecule is Cc1cc(NC(=O)c2ccc(C)c(C)c2)n(-c2nc3c(cnn3-c3ccc(F)cc3)c(=O)[nH]2)n1. The van der Waals surface area contributed by atoms with Crippen LogP contribution in [0, 0.1) is 26.6 Å². The smallest absolute Gasteiger partial charge is 0.263 e. The van der Waals surface area contributed by atoms with Crippen LogP contribution in [0.3, 0.4) is 0 Å². The van der Waals surface area contributed by atoms with Crippen molar-refractivity contribution in [1.29, 1.82) is 0 Å². The van der Waals surface area contributed by atoms with Crippen LogP contribution in [-0.4, -0.2) is 35.4 Å². The quantitative estimate of drug-likeness (QED) is 0.428. The highest BCUT2D eigenvalue weighted by Crippen LogP contribution is 2.19. The Hall–Kier alpha value is -4.60. The number of aromatic amines is 1. The number of nitrogens with zero attached hydrogens (tertiary/aromatic N) is 5. The van der Waals surface area contributed by atoms with Crippen LogP contribution in [-0.2, 0) is 0 Å². The fourth-order valence-corrected chi connectivity index (χ4v) is 3.60. The van der Waals surface area contributed by atoms with E-state index in [1.165, 1.54) is 39.8 Å². The first-order chi connectivity index (χ1) is 16.3. The fraction of sp³-hybridized carbons (Fsp3) is 0.125. The van der Waals surface area contributed by atoms with Crippen molar-refractivity contribution in [2.75, 3.05) is 5.32 Å². The molecule has 3 heterocycles. The zero-order chi connectivity index (χ0) is 24.0. The van der Waals surface area contributed by atoms with Gasteiger partial charge in [0.25, 0.3) is 11.5 Å². The molecule has 0 unspecified atom stereocenters. The third-order valence-electron chi connectivity index (χ3n) is 5.54. The highest BCUT2D eigenvalue weighted by molar-refractivity contribution is 6.04. The van der Waals surface area contributed by atoms with Crippen molar-refractivity contribution in [1.82, 2.24) is 29.5 Å². The summed E-state index contributed by atoms with van der Waals surface area (Å²) in [5.41, 5.74) is 3.59. The van der Waals surface area contributed by atoms with Gasteiger partial charge in [0.2, 0.25) is 5.95 Å². The summed E-state index contributed by atoms with van der Waals surface area (Å²) in [5.74, 6) is -0.257. The van der Waals surface area contributed by atoms with E-state index < -0.39 is 5.56 Å². The molecular formula is C24H20FN7O2. The number of anilines is 1. The Bertz CT molecular complexity index is 1610. The van der Waals surface area contributed by atoms with Gasteiger partial charge in [-0.15, -0.1) is 0 Å². The highest BCUT2D eigenvalue weighted by atomic mass is 19.1. The molecule has 0 spiro atoms. The minimum absolute atomic E-state index is 0.102. The molecule has 0 saturated heterocycles. The van der Waals surface area contributed by atoms with Crippen LogP contribution in [0.1, 0.15) is 27.2 Å². The summed E-state index contributed by atoms with van der Waals surface area (Å²) in [4.78, 5) is 32.9. The second-order valence-corrected chi connectivity index (χ2v) is 8.00. The molecule has 0 saturated carbocycles. The van der Waals surface area contributed by atoms with Crippen molar-refractivity contribution in [3.63, 3.8) is 0 Å². The van der Waals surface area contributed by atoms with Crippen LogP contribution in [0.15, 0.2) is 59.5 Å². The molecular weight excluding hydrogens is 437 g/mol. The van der Waals surface area contributed by atoms with Gasteiger partial charge in [-0.2, -0.15) is 19.9 Å². The molecule has 0 radical (unpaired) electrons. The van der Waals surface area contributed by atoms with Crippen molar-refractivity contribution in [2.24, 2.45) is 0 Å². The van der Waals surface area contributed by atoms with Gasteiger partial charge in [-0.1, -0.05) is 6.07 Å². The number of aryl methyl sites for hydroxylation is 3. The largest absolute Gasteiger partial charge is 0.306 e. The Balaban J connectivity index is 1.57. The first-order valence-corrected chi connectivity index (χ1v) is 10.5. The summed E-state index contributed by atoms with van der Waals surface area (Å²) < 4.78 is 16.2. The Labute approximate surface area is 192 Å². The zero-order valence-electron chi connectivity index (χ0n) is 18.6. The van der Waals surface area contributed by atoms with E-state index in [0.29, 0.717) is 22.8 Å². The summed E-state index contributed by atoms with van der Waals surface area (Å²) >= 11 is 0. The van der Waals surface area contributed by atoms with E-state index in [4.69, 9.17) is 0 Å². The molecule has 0 aliphatic heterocycles. The lowest BCUT2D eigenvalue weighted by Gasteiger charge is -2.10. The molecule has 9 nitrogen and oxygen atoms in total. The predicted octanol–water partition coefficient (Wildman–Crippen LogP) is 3.61. The van der Waals surface area contributed by atoms with Crippen molar-refractivity contribution in [3.05, 3.63) is 93.3 Å². The standard InChI is InChI=1S/C24H20FN7O2/c1-13-4-5-16(10-14(13)2)22(33)27-20-11-15(3)30-32(20)24-28-21-19(23(34)29-24)12-26-31(21)18-8-6-17(25)7-9-18/h4-12H,1-3H3,(H,27,33)(H,28,29,34). The van der Waals surface area contributed by atoms with Gasteiger partial charge in [-0.25, -0.2) is 9.07 Å². The van der Waals surface area contributed by atoms with Crippen LogP contribution < -0.4 is 10.9 Å². The van der Waals surface area contributed by atoms with Gasteiger partial charge in [-0.05, 0) is 68.3 Å². The van der Waals surface area contributed by atoms with Gasteiger partial charge >= 0.3 is 0 Å². The van der Waals surface area contributed by atoms with E-state index in [-0.39, 0.29) is 28.7 Å². The molecule has 0 fully saturated rings. The Kier molecular flexibility index (Phi) is 5.05. The number of fused-ring (bicyclic) bond motifs is 1. The maximum absolute atomic E-state index is 13.4. The van der Waals surface area contributed by atoms with Gasteiger partial charge in [0, 0.05) is 11.6 Å². The number of rotatable bonds is 4. The number of hydrogen-bond acceptors (Lipinski definition) is 5. The van der Waals surface area contributed by atoms with Gasteiger partial charge in [0.15, 0.2) is 5.65 Å². The lowest BCUT2D eigenvalue weighted by molar-refractivity contribution is 0.102. The van der Waals surface area contributed by atoms with Gasteiger partial charge < -0.3 is 5.32 Å². The first-order valence-electron chi connectivity index (χ1n) is 10.5. The monoisotopic (exact) mass is 457 g/mol. The van der Waals surface area contributed by atoms with Gasteiger partial charge in [0.05, 0.1) is 17.6 Å². The van der Waals surface area contributed by atoms with Crippen molar-refractivity contribution >= 4 is 22.8 Å². The van der Waals surface area contributed by atoms with Crippen LogP contribution in [0.25, 0.3) is 22.7 Å². The average Bonchev–Trinajstić information content (AvgIpc) is 3.39. The lowest BCUT2D eigenvalue weighted by Crippen LogP contribution is -2.19. The maximum Gasteiger partial charge on any atom is 0.263 e.